The van der Waals surface area contributed by atoms with Crippen LogP contribution in [0.2, 0.25) is 0 Å². The van der Waals surface area contributed by atoms with E-state index in [1.54, 1.807) is 0 Å². The van der Waals surface area contributed by atoms with Crippen LogP contribution >= 0.6 is 0 Å². The van der Waals surface area contributed by atoms with E-state index in [1.165, 1.54) is 51.5 Å². The standard InChI is InChI=1S/C16H32N2/c1-13(2)18(3)11-10-17-16-9-8-14-6-4-5-7-15(14)12-16/h13-17H,4-12H2,1-3H3. The van der Waals surface area contributed by atoms with Crippen LogP contribution in [0.4, 0.5) is 0 Å². The number of nitrogens with zero attached hydrogens (tertiary/aromatic N) is 1. The molecule has 2 rings (SSSR count). The van der Waals surface area contributed by atoms with Gasteiger partial charge in [-0.1, -0.05) is 25.7 Å². The third-order valence-corrected chi connectivity index (χ3v) is 5.32. The number of fused-ring (bicyclic) bond motifs is 1. The minimum Gasteiger partial charge on any atom is -0.313 e. The second kappa shape index (κ2) is 6.91. The van der Waals surface area contributed by atoms with Gasteiger partial charge in [0.15, 0.2) is 0 Å². The second-order valence-electron chi connectivity index (χ2n) is 6.84. The fourth-order valence-corrected chi connectivity index (χ4v) is 3.76. The number of likely N-dealkylation sites (N-methyl/N-ethyl adjacent to an activating group) is 1. The zero-order valence-corrected chi connectivity index (χ0v) is 12.6. The highest BCUT2D eigenvalue weighted by molar-refractivity contribution is 4.86. The maximum absolute atomic E-state index is 3.80. The summed E-state index contributed by atoms with van der Waals surface area (Å²) in [6, 6.07) is 1.48. The van der Waals surface area contributed by atoms with Gasteiger partial charge >= 0.3 is 0 Å². The fraction of sp³-hybridized carbons (Fsp3) is 1.00. The lowest BCUT2D eigenvalue weighted by Gasteiger charge is -2.39. The van der Waals surface area contributed by atoms with Crippen molar-refractivity contribution in [2.45, 2.75) is 70.9 Å². The smallest absolute Gasteiger partial charge is 0.0107 e. The summed E-state index contributed by atoms with van der Waals surface area (Å²) in [5.41, 5.74) is 0. The maximum atomic E-state index is 3.80. The van der Waals surface area contributed by atoms with Gasteiger partial charge in [-0.2, -0.15) is 0 Å². The van der Waals surface area contributed by atoms with E-state index in [0.29, 0.717) is 6.04 Å². The molecule has 2 saturated carbocycles. The van der Waals surface area contributed by atoms with Gasteiger partial charge in [0.2, 0.25) is 0 Å². The van der Waals surface area contributed by atoms with Crippen molar-refractivity contribution in [2.24, 2.45) is 11.8 Å². The Morgan fingerprint density at radius 1 is 1.06 bits per heavy atom. The Labute approximate surface area is 114 Å². The highest BCUT2D eigenvalue weighted by Crippen LogP contribution is 2.40. The predicted molar refractivity (Wildman–Crippen MR) is 78.9 cm³/mol. The molecule has 2 aliphatic carbocycles. The van der Waals surface area contributed by atoms with E-state index in [-0.39, 0.29) is 0 Å². The number of hydrogen-bond acceptors (Lipinski definition) is 2. The van der Waals surface area contributed by atoms with Crippen molar-refractivity contribution in [3.63, 3.8) is 0 Å². The normalized spacial score (nSPS) is 32.8. The van der Waals surface area contributed by atoms with Gasteiger partial charge in [0.1, 0.15) is 0 Å². The van der Waals surface area contributed by atoms with Crippen LogP contribution in [-0.2, 0) is 0 Å². The summed E-state index contributed by atoms with van der Waals surface area (Å²) in [6.45, 7) is 6.89. The van der Waals surface area contributed by atoms with E-state index in [2.05, 4.69) is 31.1 Å². The first-order valence-electron chi connectivity index (χ1n) is 8.10. The maximum Gasteiger partial charge on any atom is 0.0107 e. The van der Waals surface area contributed by atoms with Gasteiger partial charge in [0, 0.05) is 25.2 Å². The molecule has 0 aromatic rings. The number of rotatable bonds is 5. The molecule has 0 heterocycles. The molecule has 1 N–H and O–H groups in total. The van der Waals surface area contributed by atoms with Crippen LogP contribution in [0.5, 0.6) is 0 Å². The summed E-state index contributed by atoms with van der Waals surface area (Å²) in [5, 5.41) is 3.80. The molecule has 0 radical (unpaired) electrons. The molecular formula is C16H32N2. The molecule has 3 atom stereocenters. The fourth-order valence-electron chi connectivity index (χ4n) is 3.76. The number of nitrogens with one attached hydrogen (secondary N) is 1. The molecule has 0 bridgehead atoms. The second-order valence-corrected chi connectivity index (χ2v) is 6.84. The van der Waals surface area contributed by atoms with Crippen LogP contribution in [0.15, 0.2) is 0 Å². The van der Waals surface area contributed by atoms with Gasteiger partial charge < -0.3 is 10.2 Å². The molecule has 0 amide bonds. The van der Waals surface area contributed by atoms with Crippen molar-refractivity contribution in [1.29, 1.82) is 0 Å². The Morgan fingerprint density at radius 2 is 1.78 bits per heavy atom. The first-order chi connectivity index (χ1) is 8.66. The zero-order valence-electron chi connectivity index (χ0n) is 12.6. The average molecular weight is 252 g/mol. The highest BCUT2D eigenvalue weighted by Gasteiger charge is 2.31. The van der Waals surface area contributed by atoms with Gasteiger partial charge in [-0.05, 0) is 52.0 Å². The first-order valence-corrected chi connectivity index (χ1v) is 8.10. The van der Waals surface area contributed by atoms with Crippen molar-refractivity contribution in [1.82, 2.24) is 10.2 Å². The van der Waals surface area contributed by atoms with Gasteiger partial charge in [-0.15, -0.1) is 0 Å². The third kappa shape index (κ3) is 3.96. The predicted octanol–water partition coefficient (Wildman–Crippen LogP) is 3.28. The Morgan fingerprint density at radius 3 is 2.50 bits per heavy atom. The van der Waals surface area contributed by atoms with Crippen LogP contribution in [0.25, 0.3) is 0 Å². The molecule has 106 valence electrons. The van der Waals surface area contributed by atoms with Gasteiger partial charge in [-0.3, -0.25) is 0 Å². The van der Waals surface area contributed by atoms with Crippen molar-refractivity contribution >= 4 is 0 Å². The Kier molecular flexibility index (Phi) is 5.50. The molecule has 0 spiro atoms. The largest absolute Gasteiger partial charge is 0.313 e. The summed E-state index contributed by atoms with van der Waals surface area (Å²) in [4.78, 5) is 2.43. The third-order valence-electron chi connectivity index (χ3n) is 5.32. The Hall–Kier alpha value is -0.0800. The molecule has 0 saturated heterocycles. The molecule has 18 heavy (non-hydrogen) atoms. The van der Waals surface area contributed by atoms with Gasteiger partial charge in [0.05, 0.1) is 0 Å². The quantitative estimate of drug-likeness (QED) is 0.808. The van der Waals surface area contributed by atoms with E-state index >= 15 is 0 Å². The van der Waals surface area contributed by atoms with Crippen LogP contribution in [0.3, 0.4) is 0 Å². The minimum absolute atomic E-state index is 0.667. The molecular weight excluding hydrogens is 220 g/mol. The van der Waals surface area contributed by atoms with Gasteiger partial charge in [-0.25, -0.2) is 0 Å². The molecule has 2 fully saturated rings. The van der Waals surface area contributed by atoms with Crippen LogP contribution in [0, 0.1) is 11.8 Å². The van der Waals surface area contributed by atoms with Crippen molar-refractivity contribution < 1.29 is 0 Å². The summed E-state index contributed by atoms with van der Waals surface area (Å²) in [7, 11) is 2.23. The van der Waals surface area contributed by atoms with E-state index < -0.39 is 0 Å². The van der Waals surface area contributed by atoms with E-state index in [9.17, 15) is 0 Å². The van der Waals surface area contributed by atoms with Crippen molar-refractivity contribution in [3.8, 4) is 0 Å². The Bertz CT molecular complexity index is 239. The van der Waals surface area contributed by atoms with Gasteiger partial charge in [0.25, 0.3) is 0 Å². The number of hydrogen-bond donors (Lipinski definition) is 1. The summed E-state index contributed by atoms with van der Waals surface area (Å²) >= 11 is 0. The lowest BCUT2D eigenvalue weighted by molar-refractivity contribution is 0.141. The monoisotopic (exact) mass is 252 g/mol. The topological polar surface area (TPSA) is 15.3 Å². The minimum atomic E-state index is 0.667. The van der Waals surface area contributed by atoms with E-state index in [1.807, 2.05) is 0 Å². The van der Waals surface area contributed by atoms with E-state index in [4.69, 9.17) is 0 Å². The zero-order chi connectivity index (χ0) is 13.0. The highest BCUT2D eigenvalue weighted by atomic mass is 15.1. The molecule has 2 aliphatic rings. The summed E-state index contributed by atoms with van der Waals surface area (Å²) in [5.74, 6) is 2.13. The Balaban J connectivity index is 1.65. The molecule has 3 unspecified atom stereocenters. The summed E-state index contributed by atoms with van der Waals surface area (Å²) < 4.78 is 0. The molecule has 0 aromatic carbocycles. The first kappa shape index (κ1) is 14.3. The molecule has 2 nitrogen and oxygen atoms in total. The van der Waals surface area contributed by atoms with Crippen molar-refractivity contribution in [2.75, 3.05) is 20.1 Å². The van der Waals surface area contributed by atoms with Crippen LogP contribution in [0.1, 0.15) is 58.8 Å². The van der Waals surface area contributed by atoms with E-state index in [0.717, 1.165) is 24.4 Å². The lowest BCUT2D eigenvalue weighted by Crippen LogP contribution is -2.42. The molecule has 0 aromatic heterocycles. The molecule has 0 aliphatic heterocycles. The lowest BCUT2D eigenvalue weighted by atomic mass is 9.69. The van der Waals surface area contributed by atoms with Crippen LogP contribution in [-0.4, -0.2) is 37.1 Å². The average Bonchev–Trinajstić information content (AvgIpc) is 2.38. The molecule has 2 heteroatoms. The SMILES string of the molecule is CC(C)N(C)CCNC1CCC2CCCCC2C1. The van der Waals surface area contributed by atoms with Crippen molar-refractivity contribution in [3.05, 3.63) is 0 Å². The van der Waals surface area contributed by atoms with Crippen LogP contribution < -0.4 is 5.32 Å². The summed E-state index contributed by atoms with van der Waals surface area (Å²) in [6.07, 6.45) is 10.4.